The molecule has 2 aromatic rings. The van der Waals surface area contributed by atoms with E-state index in [9.17, 15) is 5.11 Å². The second-order valence-corrected chi connectivity index (χ2v) is 4.77. The average molecular weight is 249 g/mol. The van der Waals surface area contributed by atoms with Crippen molar-refractivity contribution in [1.82, 2.24) is 4.98 Å². The minimum atomic E-state index is -0.502. The molecule has 1 aromatic heterocycles. The fourth-order valence-corrected chi connectivity index (χ4v) is 2.51. The van der Waals surface area contributed by atoms with Gasteiger partial charge in [-0.15, -0.1) is 11.3 Å². The summed E-state index contributed by atoms with van der Waals surface area (Å²) in [5, 5.41) is 12.3. The maximum atomic E-state index is 9.42. The van der Waals surface area contributed by atoms with Gasteiger partial charge in [0.2, 0.25) is 0 Å². The van der Waals surface area contributed by atoms with Crippen molar-refractivity contribution in [1.29, 1.82) is 0 Å². The van der Waals surface area contributed by atoms with Crippen molar-refractivity contribution >= 4 is 11.3 Å². The van der Waals surface area contributed by atoms with Crippen LogP contribution in [0.1, 0.15) is 29.3 Å². The minimum Gasteiger partial charge on any atom is -0.496 e. The van der Waals surface area contributed by atoms with Gasteiger partial charge in [0.25, 0.3) is 0 Å². The van der Waals surface area contributed by atoms with Crippen LogP contribution in [0.25, 0.3) is 0 Å². The number of hydrogen-bond acceptors (Lipinski definition) is 4. The molecule has 0 radical (unpaired) electrons. The molecule has 1 N–H and O–H groups in total. The molecular formula is C13H15NO2S. The van der Waals surface area contributed by atoms with Crippen LogP contribution in [0.2, 0.25) is 0 Å². The molecule has 3 nitrogen and oxygen atoms in total. The van der Waals surface area contributed by atoms with E-state index >= 15 is 0 Å². The first-order valence-corrected chi connectivity index (χ1v) is 6.33. The number of rotatable bonds is 4. The summed E-state index contributed by atoms with van der Waals surface area (Å²) < 4.78 is 5.30. The highest BCUT2D eigenvalue weighted by atomic mass is 32.1. The number of aliphatic hydroxyl groups excluding tert-OH is 1. The van der Waals surface area contributed by atoms with Crippen molar-refractivity contribution in [3.05, 3.63) is 45.9 Å². The molecule has 0 aliphatic carbocycles. The van der Waals surface area contributed by atoms with Gasteiger partial charge in [-0.3, -0.25) is 0 Å². The van der Waals surface area contributed by atoms with Crippen LogP contribution in [0.15, 0.2) is 29.6 Å². The van der Waals surface area contributed by atoms with Gasteiger partial charge in [0.1, 0.15) is 5.75 Å². The normalized spacial score (nSPS) is 12.4. The van der Waals surface area contributed by atoms with E-state index in [1.807, 2.05) is 29.6 Å². The van der Waals surface area contributed by atoms with E-state index in [-0.39, 0.29) is 0 Å². The van der Waals surface area contributed by atoms with Crippen LogP contribution in [0.3, 0.4) is 0 Å². The molecule has 1 atom stereocenters. The van der Waals surface area contributed by atoms with Crippen molar-refractivity contribution in [2.45, 2.75) is 19.4 Å². The molecule has 0 saturated heterocycles. The molecular weight excluding hydrogens is 234 g/mol. The number of hydrogen-bond donors (Lipinski definition) is 1. The first-order chi connectivity index (χ1) is 8.20. The van der Waals surface area contributed by atoms with Gasteiger partial charge in [0.05, 0.1) is 23.9 Å². The lowest BCUT2D eigenvalue weighted by molar-refractivity contribution is 0.195. The Labute approximate surface area is 105 Å². The molecule has 1 heterocycles. The zero-order valence-corrected chi connectivity index (χ0v) is 10.7. The van der Waals surface area contributed by atoms with Gasteiger partial charge in [0.15, 0.2) is 0 Å². The van der Waals surface area contributed by atoms with Gasteiger partial charge in [-0.2, -0.15) is 0 Å². The van der Waals surface area contributed by atoms with Gasteiger partial charge in [-0.1, -0.05) is 18.2 Å². The second kappa shape index (κ2) is 5.29. The fourth-order valence-electron chi connectivity index (χ4n) is 1.61. The molecule has 0 spiro atoms. The van der Waals surface area contributed by atoms with E-state index in [1.165, 1.54) is 0 Å². The van der Waals surface area contributed by atoms with Gasteiger partial charge < -0.3 is 9.84 Å². The number of nitrogens with zero attached hydrogens (tertiary/aromatic N) is 1. The molecule has 0 bridgehead atoms. The SMILES string of the molecule is COc1ccccc1Cc1nc(C(C)O)cs1. The summed E-state index contributed by atoms with van der Waals surface area (Å²) in [6.07, 6.45) is 0.235. The third-order valence-corrected chi connectivity index (χ3v) is 3.40. The van der Waals surface area contributed by atoms with E-state index in [1.54, 1.807) is 25.4 Å². The van der Waals surface area contributed by atoms with E-state index in [4.69, 9.17) is 4.74 Å². The zero-order valence-electron chi connectivity index (χ0n) is 9.88. The Hall–Kier alpha value is -1.39. The minimum absolute atomic E-state index is 0.502. The Balaban J connectivity index is 2.19. The number of ether oxygens (including phenoxy) is 1. The Morgan fingerprint density at radius 3 is 2.82 bits per heavy atom. The van der Waals surface area contributed by atoms with Crippen molar-refractivity contribution in [2.75, 3.05) is 7.11 Å². The van der Waals surface area contributed by atoms with Crippen LogP contribution in [0.5, 0.6) is 5.75 Å². The van der Waals surface area contributed by atoms with Gasteiger partial charge in [-0.05, 0) is 13.0 Å². The average Bonchev–Trinajstić information content (AvgIpc) is 2.78. The fraction of sp³-hybridized carbons (Fsp3) is 0.308. The smallest absolute Gasteiger partial charge is 0.122 e. The summed E-state index contributed by atoms with van der Waals surface area (Å²) in [7, 11) is 1.67. The first kappa shape index (κ1) is 12.1. The number of para-hydroxylation sites is 1. The maximum Gasteiger partial charge on any atom is 0.122 e. The monoisotopic (exact) mass is 249 g/mol. The van der Waals surface area contributed by atoms with Crippen LogP contribution in [-0.4, -0.2) is 17.2 Å². The van der Waals surface area contributed by atoms with E-state index in [0.717, 1.165) is 28.4 Å². The van der Waals surface area contributed by atoms with E-state index < -0.39 is 6.10 Å². The van der Waals surface area contributed by atoms with Crippen molar-refractivity contribution in [3.63, 3.8) is 0 Å². The molecule has 0 fully saturated rings. The molecule has 0 amide bonds. The van der Waals surface area contributed by atoms with Crippen LogP contribution in [0.4, 0.5) is 0 Å². The molecule has 4 heteroatoms. The summed E-state index contributed by atoms with van der Waals surface area (Å²) >= 11 is 1.57. The molecule has 2 rings (SSSR count). The zero-order chi connectivity index (χ0) is 12.3. The highest BCUT2D eigenvalue weighted by Crippen LogP contribution is 2.24. The highest BCUT2D eigenvalue weighted by molar-refractivity contribution is 7.09. The standard InChI is InChI=1S/C13H15NO2S/c1-9(15)11-8-17-13(14-11)7-10-5-3-4-6-12(10)16-2/h3-6,8-9,15H,7H2,1-2H3. The second-order valence-electron chi connectivity index (χ2n) is 3.83. The van der Waals surface area contributed by atoms with Crippen molar-refractivity contribution in [3.8, 4) is 5.75 Å². The van der Waals surface area contributed by atoms with Gasteiger partial charge in [-0.25, -0.2) is 4.98 Å². The lowest BCUT2D eigenvalue weighted by Crippen LogP contribution is -1.95. The van der Waals surface area contributed by atoms with Crippen LogP contribution >= 0.6 is 11.3 Å². The summed E-state index contributed by atoms with van der Waals surface area (Å²) in [4.78, 5) is 4.39. The molecule has 90 valence electrons. The van der Waals surface area contributed by atoms with Crippen LogP contribution < -0.4 is 4.74 Å². The molecule has 0 aliphatic rings. The lowest BCUT2D eigenvalue weighted by Gasteiger charge is -2.06. The van der Waals surface area contributed by atoms with E-state index in [2.05, 4.69) is 4.98 Å². The summed E-state index contributed by atoms with van der Waals surface area (Å²) in [5.41, 5.74) is 1.85. The van der Waals surface area contributed by atoms with Crippen molar-refractivity contribution < 1.29 is 9.84 Å². The predicted octanol–water partition coefficient (Wildman–Crippen LogP) is 2.80. The molecule has 17 heavy (non-hydrogen) atoms. The topological polar surface area (TPSA) is 42.4 Å². The molecule has 0 aliphatic heterocycles. The Kier molecular flexibility index (Phi) is 3.76. The van der Waals surface area contributed by atoms with Crippen LogP contribution in [0, 0.1) is 0 Å². The lowest BCUT2D eigenvalue weighted by atomic mass is 10.1. The Bertz CT molecular complexity index is 494. The largest absolute Gasteiger partial charge is 0.496 e. The number of aliphatic hydroxyl groups is 1. The Morgan fingerprint density at radius 1 is 1.41 bits per heavy atom. The summed E-state index contributed by atoms with van der Waals surface area (Å²) in [6.45, 7) is 1.72. The predicted molar refractivity (Wildman–Crippen MR) is 68.5 cm³/mol. The maximum absolute atomic E-state index is 9.42. The molecule has 1 unspecified atom stereocenters. The quantitative estimate of drug-likeness (QED) is 0.906. The van der Waals surface area contributed by atoms with Crippen LogP contribution in [-0.2, 0) is 6.42 Å². The summed E-state index contributed by atoms with van der Waals surface area (Å²) in [5.74, 6) is 0.876. The molecule has 0 saturated carbocycles. The third-order valence-electron chi connectivity index (χ3n) is 2.53. The number of aromatic nitrogens is 1. The number of benzene rings is 1. The first-order valence-electron chi connectivity index (χ1n) is 5.45. The van der Waals surface area contributed by atoms with Gasteiger partial charge in [0, 0.05) is 17.4 Å². The number of methoxy groups -OCH3 is 1. The third kappa shape index (κ3) is 2.84. The van der Waals surface area contributed by atoms with E-state index in [0.29, 0.717) is 0 Å². The Morgan fingerprint density at radius 2 is 2.18 bits per heavy atom. The molecule has 1 aromatic carbocycles. The highest BCUT2D eigenvalue weighted by Gasteiger charge is 2.09. The number of thiazole rings is 1. The summed E-state index contributed by atoms with van der Waals surface area (Å²) in [6, 6.07) is 7.91. The van der Waals surface area contributed by atoms with Gasteiger partial charge >= 0.3 is 0 Å². The van der Waals surface area contributed by atoms with Crippen molar-refractivity contribution in [2.24, 2.45) is 0 Å².